The molecule has 0 spiro atoms. The van der Waals surface area contributed by atoms with Crippen LogP contribution < -0.4 is 0 Å². The maximum atomic E-state index is 4.57. The van der Waals surface area contributed by atoms with Gasteiger partial charge in [0.15, 0.2) is 0 Å². The second-order valence-electron chi connectivity index (χ2n) is 12.5. The lowest BCUT2D eigenvalue weighted by Crippen LogP contribution is -1.99. The monoisotopic (exact) mass is 627 g/mol. The number of allylic oxidation sites excluding steroid dienone is 6. The maximum absolute atomic E-state index is 4.57. The minimum absolute atomic E-state index is 0.915. The van der Waals surface area contributed by atoms with Gasteiger partial charge in [0.2, 0.25) is 0 Å². The number of para-hydroxylation sites is 2. The van der Waals surface area contributed by atoms with Crippen LogP contribution in [-0.4, -0.2) is 4.57 Å². The molecule has 0 aliphatic heterocycles. The SMILES string of the molecule is C=Cc1c(/C=C\C)c(C(/C=C\C(=C)n2c3ccccc3c3ccccc32)=C/C)c2ccccc2c1-c1ccc2c(ccc3ccccc32)c1. The molecule has 0 N–H and O–H groups in total. The van der Waals surface area contributed by atoms with E-state index in [4.69, 9.17) is 0 Å². The van der Waals surface area contributed by atoms with Crippen molar-refractivity contribution in [3.05, 3.63) is 182 Å². The quantitative estimate of drug-likeness (QED) is 0.122. The van der Waals surface area contributed by atoms with Crippen LogP contribution in [-0.2, 0) is 0 Å². The van der Waals surface area contributed by atoms with Gasteiger partial charge in [-0.25, -0.2) is 0 Å². The van der Waals surface area contributed by atoms with Crippen LogP contribution in [0.15, 0.2) is 165 Å². The molecular weight excluding hydrogens is 591 g/mol. The van der Waals surface area contributed by atoms with E-state index in [0.717, 1.165) is 33.4 Å². The Morgan fingerprint density at radius 1 is 0.571 bits per heavy atom. The molecule has 0 atom stereocenters. The average Bonchev–Trinajstić information content (AvgIpc) is 3.49. The molecule has 1 nitrogen and oxygen atoms in total. The molecule has 0 bridgehead atoms. The van der Waals surface area contributed by atoms with Gasteiger partial charge in [-0.15, -0.1) is 0 Å². The topological polar surface area (TPSA) is 4.93 Å². The van der Waals surface area contributed by atoms with Crippen molar-refractivity contribution in [2.75, 3.05) is 0 Å². The fourth-order valence-corrected chi connectivity index (χ4v) is 7.64. The highest BCUT2D eigenvalue weighted by Crippen LogP contribution is 2.43. The van der Waals surface area contributed by atoms with Gasteiger partial charge in [0.25, 0.3) is 0 Å². The van der Waals surface area contributed by atoms with Crippen molar-refractivity contribution in [1.29, 1.82) is 0 Å². The summed E-state index contributed by atoms with van der Waals surface area (Å²) in [5.41, 5.74) is 10.2. The van der Waals surface area contributed by atoms with Crippen molar-refractivity contribution >= 4 is 77.5 Å². The lowest BCUT2D eigenvalue weighted by atomic mass is 9.82. The maximum Gasteiger partial charge on any atom is 0.0540 e. The Bertz CT molecular complexity index is 2650. The number of rotatable bonds is 7. The van der Waals surface area contributed by atoms with Gasteiger partial charge in [-0.2, -0.15) is 0 Å². The van der Waals surface area contributed by atoms with Crippen molar-refractivity contribution in [3.63, 3.8) is 0 Å². The van der Waals surface area contributed by atoms with Gasteiger partial charge < -0.3 is 4.57 Å². The Labute approximate surface area is 287 Å². The summed E-state index contributed by atoms with van der Waals surface area (Å²) in [6.07, 6.45) is 13.0. The summed E-state index contributed by atoms with van der Waals surface area (Å²) in [6, 6.07) is 45.9. The molecular formula is C48H37N. The lowest BCUT2D eigenvalue weighted by molar-refractivity contribution is 1.24. The molecule has 0 fully saturated rings. The molecule has 0 saturated carbocycles. The standard InChI is InChI=1S/C48H37N/c1-5-16-42-37(7-3)48(36-29-30-39-35(31-36)28-27-34-17-8-9-18-38(34)39)44-22-11-10-21-43(44)47(42)33(6-2)26-25-32(4)49-45-23-14-12-19-40(45)41-20-13-15-24-46(41)49/h5-31H,3-4H2,1-2H3/b16-5-,26-25-,33-6+. The zero-order valence-corrected chi connectivity index (χ0v) is 27.9. The molecule has 0 aliphatic rings. The minimum Gasteiger partial charge on any atom is -0.310 e. The van der Waals surface area contributed by atoms with Gasteiger partial charge in [-0.3, -0.25) is 0 Å². The molecule has 0 unspecified atom stereocenters. The molecule has 1 heteroatoms. The van der Waals surface area contributed by atoms with Crippen molar-refractivity contribution < 1.29 is 0 Å². The predicted octanol–water partition coefficient (Wildman–Crippen LogP) is 13.7. The molecule has 1 heterocycles. The molecule has 49 heavy (non-hydrogen) atoms. The summed E-state index contributed by atoms with van der Waals surface area (Å²) >= 11 is 0. The first-order valence-corrected chi connectivity index (χ1v) is 16.9. The number of nitrogens with zero attached hydrogens (tertiary/aromatic N) is 1. The van der Waals surface area contributed by atoms with E-state index in [2.05, 4.69) is 189 Å². The highest BCUT2D eigenvalue weighted by molar-refractivity contribution is 6.14. The van der Waals surface area contributed by atoms with Gasteiger partial charge in [-0.05, 0) is 104 Å². The third-order valence-electron chi connectivity index (χ3n) is 9.79. The van der Waals surface area contributed by atoms with Crippen molar-refractivity contribution in [2.24, 2.45) is 0 Å². The summed E-state index contributed by atoms with van der Waals surface area (Å²) in [7, 11) is 0. The van der Waals surface area contributed by atoms with Gasteiger partial charge in [0.05, 0.1) is 11.0 Å². The second-order valence-corrected chi connectivity index (χ2v) is 12.5. The fraction of sp³-hybridized carbons (Fsp3) is 0.0417. The van der Waals surface area contributed by atoms with Crippen LogP contribution in [0, 0.1) is 0 Å². The van der Waals surface area contributed by atoms with E-state index >= 15 is 0 Å². The molecule has 0 radical (unpaired) electrons. The number of aromatic nitrogens is 1. The first-order chi connectivity index (χ1) is 24.1. The van der Waals surface area contributed by atoms with E-state index in [0.29, 0.717) is 0 Å². The van der Waals surface area contributed by atoms with Crippen LogP contribution in [0.5, 0.6) is 0 Å². The molecule has 1 aromatic heterocycles. The van der Waals surface area contributed by atoms with E-state index < -0.39 is 0 Å². The minimum atomic E-state index is 0.915. The first-order valence-electron chi connectivity index (χ1n) is 16.9. The van der Waals surface area contributed by atoms with Crippen LogP contribution in [0.4, 0.5) is 0 Å². The Morgan fingerprint density at radius 2 is 1.16 bits per heavy atom. The van der Waals surface area contributed by atoms with Gasteiger partial charge in [0, 0.05) is 16.5 Å². The highest BCUT2D eigenvalue weighted by Gasteiger charge is 2.20. The van der Waals surface area contributed by atoms with E-state index in [1.807, 2.05) is 6.08 Å². The number of hydrogen-bond acceptors (Lipinski definition) is 0. The Balaban J connectivity index is 1.31. The molecule has 8 rings (SSSR count). The highest BCUT2D eigenvalue weighted by atomic mass is 15.0. The molecule has 8 aromatic rings. The number of benzene rings is 7. The first kappa shape index (κ1) is 30.2. The molecule has 0 aliphatic carbocycles. The van der Waals surface area contributed by atoms with Crippen LogP contribution >= 0.6 is 0 Å². The van der Waals surface area contributed by atoms with Crippen LogP contribution in [0.2, 0.25) is 0 Å². The molecule has 0 amide bonds. The predicted molar refractivity (Wildman–Crippen MR) is 217 cm³/mol. The third-order valence-corrected chi connectivity index (χ3v) is 9.79. The number of fused-ring (bicyclic) bond motifs is 7. The fourth-order valence-electron chi connectivity index (χ4n) is 7.64. The average molecular weight is 628 g/mol. The van der Waals surface area contributed by atoms with Crippen LogP contribution in [0.1, 0.15) is 30.5 Å². The molecule has 234 valence electrons. The van der Waals surface area contributed by atoms with Gasteiger partial charge in [-0.1, -0.05) is 153 Å². The summed E-state index contributed by atoms with van der Waals surface area (Å²) < 4.78 is 2.26. The zero-order valence-electron chi connectivity index (χ0n) is 27.9. The van der Waals surface area contributed by atoms with E-state index in [1.54, 1.807) is 0 Å². The van der Waals surface area contributed by atoms with Crippen LogP contribution in [0.3, 0.4) is 0 Å². The van der Waals surface area contributed by atoms with E-state index in [9.17, 15) is 0 Å². The van der Waals surface area contributed by atoms with E-state index in [-0.39, 0.29) is 0 Å². The summed E-state index contributed by atoms with van der Waals surface area (Å²) in [6.45, 7) is 13.1. The smallest absolute Gasteiger partial charge is 0.0540 e. The normalized spacial score (nSPS) is 12.4. The van der Waals surface area contributed by atoms with Crippen molar-refractivity contribution in [1.82, 2.24) is 4.57 Å². The number of hydrogen-bond donors (Lipinski definition) is 0. The third kappa shape index (κ3) is 4.94. The van der Waals surface area contributed by atoms with Gasteiger partial charge >= 0.3 is 0 Å². The Kier molecular flexibility index (Phi) is 7.66. The summed E-state index contributed by atoms with van der Waals surface area (Å²) in [5.74, 6) is 0. The van der Waals surface area contributed by atoms with Crippen molar-refractivity contribution in [3.8, 4) is 11.1 Å². The Morgan fingerprint density at radius 3 is 1.84 bits per heavy atom. The zero-order chi connectivity index (χ0) is 33.5. The van der Waals surface area contributed by atoms with Crippen molar-refractivity contribution in [2.45, 2.75) is 13.8 Å². The summed E-state index contributed by atoms with van der Waals surface area (Å²) in [5, 5.41) is 9.89. The molecule has 7 aromatic carbocycles. The summed E-state index contributed by atoms with van der Waals surface area (Å²) in [4.78, 5) is 0. The van der Waals surface area contributed by atoms with Gasteiger partial charge in [0.1, 0.15) is 0 Å². The van der Waals surface area contributed by atoms with Crippen LogP contribution in [0.25, 0.3) is 88.7 Å². The largest absolute Gasteiger partial charge is 0.310 e. The second kappa shape index (κ2) is 12.4. The van der Waals surface area contributed by atoms with E-state index in [1.165, 1.54) is 59.8 Å². The molecule has 0 saturated heterocycles. The Hall–Kier alpha value is -6.18. The lowest BCUT2D eigenvalue weighted by Gasteiger charge is -2.21.